The molecule has 2 atom stereocenters. The number of rotatable bonds is 5. The maximum Gasteiger partial charge on any atom is 0.194 e. The third-order valence-electron chi connectivity index (χ3n) is 3.66. The zero-order valence-corrected chi connectivity index (χ0v) is 12.8. The molecule has 0 bridgehead atoms. The monoisotopic (exact) mass is 291 g/mol. The summed E-state index contributed by atoms with van der Waals surface area (Å²) in [6.07, 6.45) is 0.505. The average Bonchev–Trinajstić information content (AvgIpc) is 2.94. The van der Waals surface area contributed by atoms with Crippen molar-refractivity contribution in [3.63, 3.8) is 0 Å². The quantitative estimate of drug-likeness (QED) is 0.636. The van der Waals surface area contributed by atoms with Crippen molar-refractivity contribution in [3.05, 3.63) is 35.9 Å². The first-order valence-corrected chi connectivity index (χ1v) is 7.53. The Hall–Kier alpha value is -1.59. The number of guanidine groups is 1. The second-order valence-electron chi connectivity index (χ2n) is 5.22. The number of aliphatic imine (C=N–C) groups is 1. The molecule has 1 aromatic carbocycles. The van der Waals surface area contributed by atoms with E-state index in [4.69, 9.17) is 4.74 Å². The lowest BCUT2D eigenvalue weighted by atomic mass is 10.1. The number of likely N-dealkylation sites (tertiary alicyclic amines) is 1. The highest BCUT2D eigenvalue weighted by Crippen LogP contribution is 2.17. The molecule has 2 N–H and O–H groups in total. The van der Waals surface area contributed by atoms with E-state index in [1.807, 2.05) is 25.1 Å². The van der Waals surface area contributed by atoms with Gasteiger partial charge in [-0.3, -0.25) is 4.99 Å². The van der Waals surface area contributed by atoms with Gasteiger partial charge < -0.3 is 20.1 Å². The number of hydrogen-bond donors (Lipinski definition) is 2. The third-order valence-corrected chi connectivity index (χ3v) is 3.66. The Bertz CT molecular complexity index is 450. The smallest absolute Gasteiger partial charge is 0.194 e. The lowest BCUT2D eigenvalue weighted by Gasteiger charge is -2.22. The molecule has 21 heavy (non-hydrogen) atoms. The molecule has 1 aliphatic rings. The molecule has 5 nitrogen and oxygen atoms in total. The molecular formula is C16H25N3O2. The molecule has 1 unspecified atom stereocenters. The van der Waals surface area contributed by atoms with Gasteiger partial charge in [0.15, 0.2) is 5.96 Å². The second-order valence-corrected chi connectivity index (χ2v) is 5.22. The van der Waals surface area contributed by atoms with Gasteiger partial charge in [-0.05, 0) is 18.9 Å². The van der Waals surface area contributed by atoms with Crippen molar-refractivity contribution in [3.8, 4) is 0 Å². The fourth-order valence-electron chi connectivity index (χ4n) is 2.51. The van der Waals surface area contributed by atoms with Gasteiger partial charge in [-0.15, -0.1) is 0 Å². The van der Waals surface area contributed by atoms with Crippen LogP contribution >= 0.6 is 0 Å². The number of ether oxygens (including phenoxy) is 1. The topological polar surface area (TPSA) is 57.1 Å². The first-order valence-electron chi connectivity index (χ1n) is 7.53. The Morgan fingerprint density at radius 3 is 2.81 bits per heavy atom. The van der Waals surface area contributed by atoms with E-state index in [9.17, 15) is 5.11 Å². The Morgan fingerprint density at radius 1 is 1.48 bits per heavy atom. The lowest BCUT2D eigenvalue weighted by Crippen LogP contribution is -2.40. The number of aliphatic hydroxyl groups is 1. The predicted octanol–water partition coefficient (Wildman–Crippen LogP) is 1.41. The van der Waals surface area contributed by atoms with Crippen LogP contribution in [0.3, 0.4) is 0 Å². The summed E-state index contributed by atoms with van der Waals surface area (Å²) in [6, 6.07) is 10.1. The summed E-state index contributed by atoms with van der Waals surface area (Å²) >= 11 is 0. The standard InChI is InChI=1S/C16H25N3O2/c1-3-17-16(19-10-9-14(20)12-19)18-11-15(21-2)13-7-5-4-6-8-13/h4-8,14-15,20H,3,9-12H2,1-2H3,(H,17,18)/t14-,15?/m1/s1. The molecule has 5 heteroatoms. The molecule has 1 aromatic rings. The largest absolute Gasteiger partial charge is 0.391 e. The Labute approximate surface area is 126 Å². The first-order chi connectivity index (χ1) is 10.2. The maximum absolute atomic E-state index is 9.67. The molecule has 0 spiro atoms. The van der Waals surface area contributed by atoms with Crippen molar-refractivity contribution >= 4 is 5.96 Å². The normalized spacial score (nSPS) is 20.6. The van der Waals surface area contributed by atoms with E-state index < -0.39 is 0 Å². The lowest BCUT2D eigenvalue weighted by molar-refractivity contribution is 0.110. The predicted molar refractivity (Wildman–Crippen MR) is 84.4 cm³/mol. The summed E-state index contributed by atoms with van der Waals surface area (Å²) in [5.41, 5.74) is 1.13. The molecule has 0 saturated carbocycles. The summed E-state index contributed by atoms with van der Waals surface area (Å²) < 4.78 is 5.55. The summed E-state index contributed by atoms with van der Waals surface area (Å²) in [5, 5.41) is 13.0. The fraction of sp³-hybridized carbons (Fsp3) is 0.562. The van der Waals surface area contributed by atoms with Gasteiger partial charge in [0.1, 0.15) is 6.10 Å². The Kier molecular flexibility index (Phi) is 6.02. The second kappa shape index (κ2) is 8.00. The number of β-amino-alcohol motifs (C(OH)–C–C–N with tert-alkyl or cyclic N) is 1. The van der Waals surface area contributed by atoms with Gasteiger partial charge in [-0.1, -0.05) is 30.3 Å². The Morgan fingerprint density at radius 2 is 2.24 bits per heavy atom. The minimum Gasteiger partial charge on any atom is -0.391 e. The van der Waals surface area contributed by atoms with Gasteiger partial charge in [-0.25, -0.2) is 0 Å². The van der Waals surface area contributed by atoms with E-state index in [1.165, 1.54) is 0 Å². The zero-order chi connectivity index (χ0) is 15.1. The van der Waals surface area contributed by atoms with Crippen LogP contribution in [0.4, 0.5) is 0 Å². The number of benzene rings is 1. The minimum atomic E-state index is -0.249. The van der Waals surface area contributed by atoms with E-state index in [-0.39, 0.29) is 12.2 Å². The van der Waals surface area contributed by atoms with Crippen LogP contribution in [-0.4, -0.2) is 55.4 Å². The molecule has 1 heterocycles. The van der Waals surface area contributed by atoms with Crippen LogP contribution in [0.15, 0.2) is 35.3 Å². The highest BCUT2D eigenvalue weighted by atomic mass is 16.5. The van der Waals surface area contributed by atoms with Crippen LogP contribution in [0.5, 0.6) is 0 Å². The Balaban J connectivity index is 2.03. The van der Waals surface area contributed by atoms with Crippen LogP contribution in [-0.2, 0) is 4.74 Å². The van der Waals surface area contributed by atoms with Gasteiger partial charge >= 0.3 is 0 Å². The number of methoxy groups -OCH3 is 1. The van der Waals surface area contributed by atoms with E-state index >= 15 is 0 Å². The van der Waals surface area contributed by atoms with E-state index in [0.717, 1.165) is 31.0 Å². The van der Waals surface area contributed by atoms with Crippen molar-refractivity contribution in [2.24, 2.45) is 4.99 Å². The molecular weight excluding hydrogens is 266 g/mol. The van der Waals surface area contributed by atoms with Crippen molar-refractivity contribution in [1.29, 1.82) is 0 Å². The molecule has 2 rings (SSSR count). The van der Waals surface area contributed by atoms with Crippen LogP contribution in [0.25, 0.3) is 0 Å². The van der Waals surface area contributed by atoms with E-state index in [1.54, 1.807) is 7.11 Å². The number of nitrogens with one attached hydrogen (secondary N) is 1. The third kappa shape index (κ3) is 4.44. The van der Waals surface area contributed by atoms with E-state index in [2.05, 4.69) is 27.3 Å². The summed E-state index contributed by atoms with van der Waals surface area (Å²) in [4.78, 5) is 6.78. The van der Waals surface area contributed by atoms with Crippen LogP contribution < -0.4 is 5.32 Å². The van der Waals surface area contributed by atoms with Crippen molar-refractivity contribution in [2.75, 3.05) is 33.3 Å². The molecule has 0 aromatic heterocycles. The molecule has 116 valence electrons. The van der Waals surface area contributed by atoms with E-state index in [0.29, 0.717) is 13.1 Å². The molecule has 1 saturated heterocycles. The van der Waals surface area contributed by atoms with Gasteiger partial charge in [0, 0.05) is 26.7 Å². The SMILES string of the molecule is CCNC(=NCC(OC)c1ccccc1)N1CC[C@@H](O)C1. The highest BCUT2D eigenvalue weighted by molar-refractivity contribution is 5.80. The number of aliphatic hydroxyl groups excluding tert-OH is 1. The minimum absolute atomic E-state index is 0.0487. The molecule has 0 radical (unpaired) electrons. The molecule has 0 aliphatic carbocycles. The van der Waals surface area contributed by atoms with Crippen LogP contribution in [0.1, 0.15) is 25.0 Å². The number of hydrogen-bond acceptors (Lipinski definition) is 3. The summed E-state index contributed by atoms with van der Waals surface area (Å²) in [5.74, 6) is 0.854. The summed E-state index contributed by atoms with van der Waals surface area (Å²) in [6.45, 7) is 4.92. The van der Waals surface area contributed by atoms with Crippen molar-refractivity contribution < 1.29 is 9.84 Å². The van der Waals surface area contributed by atoms with Crippen molar-refractivity contribution in [2.45, 2.75) is 25.6 Å². The number of nitrogens with zero attached hydrogens (tertiary/aromatic N) is 2. The van der Waals surface area contributed by atoms with Crippen LogP contribution in [0.2, 0.25) is 0 Å². The molecule has 1 aliphatic heterocycles. The van der Waals surface area contributed by atoms with Crippen LogP contribution in [0, 0.1) is 0 Å². The molecule has 1 fully saturated rings. The fourth-order valence-corrected chi connectivity index (χ4v) is 2.51. The van der Waals surface area contributed by atoms with Gasteiger partial charge in [0.25, 0.3) is 0 Å². The molecule has 0 amide bonds. The van der Waals surface area contributed by atoms with Gasteiger partial charge in [0.05, 0.1) is 12.6 Å². The van der Waals surface area contributed by atoms with Crippen molar-refractivity contribution in [1.82, 2.24) is 10.2 Å². The average molecular weight is 291 g/mol. The summed E-state index contributed by atoms with van der Waals surface area (Å²) in [7, 11) is 1.71. The van der Waals surface area contributed by atoms with Gasteiger partial charge in [0.2, 0.25) is 0 Å². The van der Waals surface area contributed by atoms with Gasteiger partial charge in [-0.2, -0.15) is 0 Å². The highest BCUT2D eigenvalue weighted by Gasteiger charge is 2.23. The zero-order valence-electron chi connectivity index (χ0n) is 12.8. The maximum atomic E-state index is 9.67. The first kappa shape index (κ1) is 15.8.